The zero-order valence-corrected chi connectivity index (χ0v) is 10.6. The van der Waals surface area contributed by atoms with Gasteiger partial charge in [0.15, 0.2) is 5.13 Å². The Morgan fingerprint density at radius 2 is 2.38 bits per heavy atom. The second-order valence-electron chi connectivity index (χ2n) is 4.85. The van der Waals surface area contributed by atoms with Crippen molar-refractivity contribution >= 4 is 16.5 Å². The van der Waals surface area contributed by atoms with Crippen molar-refractivity contribution in [3.05, 3.63) is 10.6 Å². The van der Waals surface area contributed by atoms with Crippen molar-refractivity contribution < 1.29 is 0 Å². The summed E-state index contributed by atoms with van der Waals surface area (Å²) in [5.74, 6) is 0.920. The van der Waals surface area contributed by atoms with Crippen LogP contribution in [0.25, 0.3) is 0 Å². The Morgan fingerprint density at radius 3 is 3.12 bits per heavy atom. The maximum atomic E-state index is 4.77. The maximum Gasteiger partial charge on any atom is 0.185 e. The Bertz CT molecular complexity index is 345. The van der Waals surface area contributed by atoms with Crippen molar-refractivity contribution in [1.29, 1.82) is 0 Å². The third-order valence-corrected chi connectivity index (χ3v) is 4.67. The second-order valence-corrected chi connectivity index (χ2v) is 5.91. The summed E-state index contributed by atoms with van der Waals surface area (Å²) < 4.78 is 0. The molecule has 16 heavy (non-hydrogen) atoms. The van der Waals surface area contributed by atoms with E-state index in [1.165, 1.54) is 41.6 Å². The van der Waals surface area contributed by atoms with E-state index in [4.69, 9.17) is 4.98 Å². The number of aromatic nitrogens is 1. The fraction of sp³-hybridized carbons (Fsp3) is 0.750. The number of rotatable bonds is 3. The molecule has 0 spiro atoms. The van der Waals surface area contributed by atoms with Crippen molar-refractivity contribution in [3.63, 3.8) is 0 Å². The first-order valence-electron chi connectivity index (χ1n) is 6.31. The summed E-state index contributed by atoms with van der Waals surface area (Å²) in [7, 11) is 0. The smallest absolute Gasteiger partial charge is 0.185 e. The Hall–Kier alpha value is -0.610. The Morgan fingerprint density at radius 1 is 1.50 bits per heavy atom. The van der Waals surface area contributed by atoms with Crippen molar-refractivity contribution in [2.45, 2.75) is 32.7 Å². The molecule has 0 atom stereocenters. The summed E-state index contributed by atoms with van der Waals surface area (Å²) >= 11 is 1.89. The number of hydrogen-bond donors (Lipinski definition) is 1. The lowest BCUT2D eigenvalue weighted by atomic mass is 9.96. The summed E-state index contributed by atoms with van der Waals surface area (Å²) in [6.07, 6.45) is 3.80. The summed E-state index contributed by atoms with van der Waals surface area (Å²) in [6.45, 7) is 6.85. The molecular weight excluding hydrogens is 218 g/mol. The van der Waals surface area contributed by atoms with E-state index in [9.17, 15) is 0 Å². The lowest BCUT2D eigenvalue weighted by molar-refractivity contribution is 0.380. The number of anilines is 1. The first kappa shape index (κ1) is 10.5. The van der Waals surface area contributed by atoms with Crippen LogP contribution in [0, 0.1) is 5.92 Å². The van der Waals surface area contributed by atoms with Gasteiger partial charge in [-0.3, -0.25) is 0 Å². The van der Waals surface area contributed by atoms with Crippen LogP contribution in [0.1, 0.15) is 30.3 Å². The molecule has 0 radical (unpaired) electrons. The molecule has 0 aromatic carbocycles. The topological polar surface area (TPSA) is 28.2 Å². The lowest BCUT2D eigenvalue weighted by Crippen LogP contribution is -2.46. The molecule has 2 aliphatic heterocycles. The van der Waals surface area contributed by atoms with Gasteiger partial charge in [0, 0.05) is 37.5 Å². The van der Waals surface area contributed by atoms with Crippen LogP contribution in [0.15, 0.2) is 0 Å². The minimum absolute atomic E-state index is 0.920. The van der Waals surface area contributed by atoms with Crippen LogP contribution in [0.3, 0.4) is 0 Å². The first-order valence-corrected chi connectivity index (χ1v) is 7.12. The largest absolute Gasteiger partial charge is 0.347 e. The lowest BCUT2D eigenvalue weighted by Gasteiger charge is -2.39. The summed E-state index contributed by atoms with van der Waals surface area (Å²) in [5.41, 5.74) is 1.35. The minimum atomic E-state index is 0.920. The van der Waals surface area contributed by atoms with E-state index in [0.29, 0.717) is 0 Å². The minimum Gasteiger partial charge on any atom is -0.347 e. The van der Waals surface area contributed by atoms with Crippen molar-refractivity contribution in [1.82, 2.24) is 10.3 Å². The van der Waals surface area contributed by atoms with Crippen molar-refractivity contribution in [2.75, 3.05) is 24.5 Å². The molecule has 88 valence electrons. The van der Waals surface area contributed by atoms with Gasteiger partial charge < -0.3 is 10.2 Å². The quantitative estimate of drug-likeness (QED) is 0.872. The van der Waals surface area contributed by atoms with E-state index in [-0.39, 0.29) is 0 Å². The Kier molecular flexibility index (Phi) is 2.86. The van der Waals surface area contributed by atoms with Crippen LogP contribution < -0.4 is 10.2 Å². The van der Waals surface area contributed by atoms with Gasteiger partial charge in [-0.15, -0.1) is 11.3 Å². The van der Waals surface area contributed by atoms with E-state index in [2.05, 4.69) is 17.1 Å². The Balaban J connectivity index is 1.65. The highest BCUT2D eigenvalue weighted by Gasteiger charge is 2.29. The molecule has 0 amide bonds. The molecule has 0 unspecified atom stereocenters. The molecule has 3 heterocycles. The second kappa shape index (κ2) is 4.34. The van der Waals surface area contributed by atoms with Crippen LogP contribution in [0.5, 0.6) is 0 Å². The summed E-state index contributed by atoms with van der Waals surface area (Å²) in [5, 5.41) is 4.68. The highest BCUT2D eigenvalue weighted by Crippen LogP contribution is 2.33. The molecule has 0 aliphatic carbocycles. The standard InChI is InChI=1S/C12H19N3S/c1-2-3-9-7-15(8-9)12-14-10-4-5-13-6-11(10)16-12/h9,13H,2-8H2,1H3. The molecule has 3 nitrogen and oxygen atoms in total. The maximum absolute atomic E-state index is 4.77. The van der Waals surface area contributed by atoms with Crippen LogP contribution in [0.2, 0.25) is 0 Å². The van der Waals surface area contributed by atoms with E-state index in [0.717, 1.165) is 25.4 Å². The predicted octanol–water partition coefficient (Wildman–Crippen LogP) is 2.03. The third-order valence-electron chi connectivity index (χ3n) is 3.52. The van der Waals surface area contributed by atoms with Gasteiger partial charge in [0.1, 0.15) is 0 Å². The van der Waals surface area contributed by atoms with E-state index in [1.54, 1.807) is 0 Å². The number of hydrogen-bond acceptors (Lipinski definition) is 4. The van der Waals surface area contributed by atoms with E-state index >= 15 is 0 Å². The van der Waals surface area contributed by atoms with Crippen molar-refractivity contribution in [3.8, 4) is 0 Å². The predicted molar refractivity (Wildman–Crippen MR) is 68.1 cm³/mol. The molecule has 4 heteroatoms. The molecule has 2 aliphatic rings. The van der Waals surface area contributed by atoms with Gasteiger partial charge >= 0.3 is 0 Å². The molecule has 1 aromatic rings. The van der Waals surface area contributed by atoms with E-state index < -0.39 is 0 Å². The monoisotopic (exact) mass is 237 g/mol. The summed E-state index contributed by atoms with van der Waals surface area (Å²) in [6, 6.07) is 0. The molecule has 1 N–H and O–H groups in total. The van der Waals surface area contributed by atoms with Gasteiger partial charge in [0.05, 0.1) is 5.69 Å². The van der Waals surface area contributed by atoms with Crippen molar-refractivity contribution in [2.24, 2.45) is 5.92 Å². The number of nitrogens with zero attached hydrogens (tertiary/aromatic N) is 2. The zero-order chi connectivity index (χ0) is 11.0. The van der Waals surface area contributed by atoms with Gasteiger partial charge in [0.25, 0.3) is 0 Å². The van der Waals surface area contributed by atoms with Gasteiger partial charge in [-0.25, -0.2) is 4.98 Å². The highest BCUT2D eigenvalue weighted by atomic mass is 32.1. The van der Waals surface area contributed by atoms with Crippen LogP contribution in [-0.4, -0.2) is 24.6 Å². The molecule has 0 bridgehead atoms. The fourth-order valence-electron chi connectivity index (χ4n) is 2.56. The molecule has 0 saturated carbocycles. The van der Waals surface area contributed by atoms with Gasteiger partial charge in [0.2, 0.25) is 0 Å². The molecular formula is C12H19N3S. The average Bonchev–Trinajstić information content (AvgIpc) is 2.65. The van der Waals surface area contributed by atoms with Gasteiger partial charge in [-0.05, 0) is 12.3 Å². The molecule has 1 aromatic heterocycles. The molecule has 1 fully saturated rings. The normalized spacial score (nSPS) is 20.7. The number of fused-ring (bicyclic) bond motifs is 1. The third kappa shape index (κ3) is 1.84. The van der Waals surface area contributed by atoms with E-state index in [1.807, 2.05) is 11.3 Å². The fourth-order valence-corrected chi connectivity index (χ4v) is 3.66. The average molecular weight is 237 g/mol. The van der Waals surface area contributed by atoms with Gasteiger partial charge in [-0.2, -0.15) is 0 Å². The SMILES string of the molecule is CCCC1CN(c2nc3c(s2)CNCC3)C1. The number of nitrogens with one attached hydrogen (secondary N) is 1. The van der Waals surface area contributed by atoms with Gasteiger partial charge in [-0.1, -0.05) is 13.3 Å². The van der Waals surface area contributed by atoms with Crippen LogP contribution in [0.4, 0.5) is 5.13 Å². The number of thiazole rings is 1. The van der Waals surface area contributed by atoms with Crippen LogP contribution >= 0.6 is 11.3 Å². The summed E-state index contributed by atoms with van der Waals surface area (Å²) in [4.78, 5) is 8.68. The van der Waals surface area contributed by atoms with Crippen LogP contribution in [-0.2, 0) is 13.0 Å². The molecule has 3 rings (SSSR count). The Labute approximate surface area is 101 Å². The molecule has 1 saturated heterocycles. The first-order chi connectivity index (χ1) is 7.86. The zero-order valence-electron chi connectivity index (χ0n) is 9.83. The highest BCUT2D eigenvalue weighted by molar-refractivity contribution is 7.15.